The summed E-state index contributed by atoms with van der Waals surface area (Å²) in [5.41, 5.74) is -0.452. The third-order valence-electron chi connectivity index (χ3n) is 1.39. The second-order valence-electron chi connectivity index (χ2n) is 3.90. The molecule has 0 aromatic carbocycles. The molecule has 0 radical (unpaired) electrons. The van der Waals surface area contributed by atoms with E-state index in [4.69, 9.17) is 4.74 Å². The number of hydrogen-bond acceptors (Lipinski definition) is 3. The average molecular weight is 214 g/mol. The lowest BCUT2D eigenvalue weighted by atomic mass is 10.2. The van der Waals surface area contributed by atoms with Crippen molar-refractivity contribution < 1.29 is 9.53 Å². The maximum atomic E-state index is 11.2. The van der Waals surface area contributed by atoms with E-state index in [9.17, 15) is 4.79 Å². The molecule has 0 aromatic heterocycles. The van der Waals surface area contributed by atoms with Crippen LogP contribution in [0.4, 0.5) is 0 Å². The molecule has 0 saturated heterocycles. The topological polar surface area (TPSA) is 26.3 Å². The Balaban J connectivity index is 4.16. The number of carbonyl (C=O) groups is 1. The van der Waals surface area contributed by atoms with Crippen LogP contribution < -0.4 is 0 Å². The van der Waals surface area contributed by atoms with Gasteiger partial charge in [-0.15, -0.1) is 11.8 Å². The Labute approximate surface area is 90.8 Å². The van der Waals surface area contributed by atoms with Gasteiger partial charge in [0.2, 0.25) is 0 Å². The standard InChI is InChI=1S/C11H18O2S/c1-6-9(14-5)7-8-10(12)13-11(2,3)4/h9H,6H2,1-5H3. The maximum absolute atomic E-state index is 11.2. The zero-order valence-electron chi connectivity index (χ0n) is 9.51. The van der Waals surface area contributed by atoms with E-state index < -0.39 is 11.6 Å². The summed E-state index contributed by atoms with van der Waals surface area (Å²) in [5.74, 6) is 4.95. The molecule has 0 spiro atoms. The van der Waals surface area contributed by atoms with Gasteiger partial charge in [0.25, 0.3) is 0 Å². The molecule has 2 nitrogen and oxygen atoms in total. The lowest BCUT2D eigenvalue weighted by Gasteiger charge is -2.17. The molecule has 0 heterocycles. The molecule has 14 heavy (non-hydrogen) atoms. The summed E-state index contributed by atoms with van der Waals surface area (Å²) in [6.45, 7) is 7.54. The average Bonchev–Trinajstić information content (AvgIpc) is 2.03. The zero-order chi connectivity index (χ0) is 11.2. The first-order valence-electron chi connectivity index (χ1n) is 4.66. The molecule has 0 bridgehead atoms. The number of thioether (sulfide) groups is 1. The lowest BCUT2D eigenvalue weighted by Crippen LogP contribution is -2.22. The quantitative estimate of drug-likeness (QED) is 0.401. The molecule has 0 aromatic rings. The molecule has 0 amide bonds. The van der Waals surface area contributed by atoms with Gasteiger partial charge in [-0.2, -0.15) is 0 Å². The Morgan fingerprint density at radius 1 is 1.50 bits per heavy atom. The van der Waals surface area contributed by atoms with Crippen molar-refractivity contribution in [3.05, 3.63) is 0 Å². The van der Waals surface area contributed by atoms with Gasteiger partial charge in [-0.25, -0.2) is 4.79 Å². The van der Waals surface area contributed by atoms with Gasteiger partial charge >= 0.3 is 5.97 Å². The summed E-state index contributed by atoms with van der Waals surface area (Å²) in [7, 11) is 0. The van der Waals surface area contributed by atoms with Crippen LogP contribution in [0.5, 0.6) is 0 Å². The second kappa shape index (κ2) is 5.98. The van der Waals surface area contributed by atoms with Gasteiger partial charge in [0, 0.05) is 5.92 Å². The fraction of sp³-hybridized carbons (Fsp3) is 0.727. The van der Waals surface area contributed by atoms with E-state index in [0.717, 1.165) is 6.42 Å². The molecular formula is C11H18O2S. The van der Waals surface area contributed by atoms with E-state index in [1.807, 2.05) is 34.0 Å². The molecule has 0 saturated carbocycles. The van der Waals surface area contributed by atoms with Crippen LogP contribution in [0.2, 0.25) is 0 Å². The third kappa shape index (κ3) is 6.85. The van der Waals surface area contributed by atoms with Crippen molar-refractivity contribution >= 4 is 17.7 Å². The molecule has 0 aliphatic heterocycles. The number of esters is 1. The van der Waals surface area contributed by atoms with Crippen molar-refractivity contribution in [3.63, 3.8) is 0 Å². The Kier molecular flexibility index (Phi) is 5.71. The van der Waals surface area contributed by atoms with Gasteiger partial charge in [0.1, 0.15) is 5.60 Å². The summed E-state index contributed by atoms with van der Waals surface area (Å²) in [6.07, 6.45) is 2.93. The second-order valence-corrected chi connectivity index (χ2v) is 4.94. The van der Waals surface area contributed by atoms with Gasteiger partial charge in [-0.1, -0.05) is 12.8 Å². The van der Waals surface area contributed by atoms with Crippen LogP contribution in [0.15, 0.2) is 0 Å². The van der Waals surface area contributed by atoms with Crippen LogP contribution in [0.3, 0.4) is 0 Å². The Hall–Kier alpha value is -0.620. The summed E-state index contributed by atoms with van der Waals surface area (Å²) in [5, 5.41) is 0.225. The molecule has 1 unspecified atom stereocenters. The lowest BCUT2D eigenvalue weighted by molar-refractivity contribution is -0.147. The first-order chi connectivity index (χ1) is 6.39. The fourth-order valence-corrected chi connectivity index (χ4v) is 1.28. The molecular weight excluding hydrogens is 196 g/mol. The molecule has 0 N–H and O–H groups in total. The van der Waals surface area contributed by atoms with E-state index in [-0.39, 0.29) is 5.25 Å². The Morgan fingerprint density at radius 3 is 2.43 bits per heavy atom. The smallest absolute Gasteiger partial charge is 0.384 e. The van der Waals surface area contributed by atoms with Crippen LogP contribution in [-0.2, 0) is 9.53 Å². The third-order valence-corrected chi connectivity index (χ3v) is 2.41. The minimum absolute atomic E-state index is 0.225. The summed E-state index contributed by atoms with van der Waals surface area (Å²) in [4.78, 5) is 11.2. The SMILES string of the molecule is CCC(C#CC(=O)OC(C)(C)C)SC. The Bertz CT molecular complexity index is 238. The van der Waals surface area contributed by atoms with E-state index in [2.05, 4.69) is 11.8 Å². The highest BCUT2D eigenvalue weighted by atomic mass is 32.2. The van der Waals surface area contributed by atoms with Crippen LogP contribution in [0.25, 0.3) is 0 Å². The predicted octanol–water partition coefficient (Wildman–Crippen LogP) is 2.47. The first-order valence-corrected chi connectivity index (χ1v) is 5.95. The molecule has 80 valence electrons. The summed E-state index contributed by atoms with van der Waals surface area (Å²) >= 11 is 1.65. The van der Waals surface area contributed by atoms with E-state index in [1.165, 1.54) is 0 Å². The van der Waals surface area contributed by atoms with Crippen LogP contribution in [0.1, 0.15) is 34.1 Å². The van der Waals surface area contributed by atoms with E-state index in [0.29, 0.717) is 0 Å². The maximum Gasteiger partial charge on any atom is 0.384 e. The number of carbonyl (C=O) groups excluding carboxylic acids is 1. The monoisotopic (exact) mass is 214 g/mol. The van der Waals surface area contributed by atoms with Gasteiger partial charge in [0.05, 0.1) is 5.25 Å². The van der Waals surface area contributed by atoms with Crippen molar-refractivity contribution in [1.82, 2.24) is 0 Å². The van der Waals surface area contributed by atoms with E-state index >= 15 is 0 Å². The zero-order valence-corrected chi connectivity index (χ0v) is 10.3. The number of ether oxygens (including phenoxy) is 1. The van der Waals surface area contributed by atoms with Gasteiger partial charge < -0.3 is 4.74 Å². The highest BCUT2D eigenvalue weighted by Gasteiger charge is 2.14. The fourth-order valence-electron chi connectivity index (χ4n) is 0.771. The summed E-state index contributed by atoms with van der Waals surface area (Å²) in [6, 6.07) is 0. The summed E-state index contributed by atoms with van der Waals surface area (Å²) < 4.78 is 5.06. The minimum atomic E-state index is -0.452. The number of rotatable bonds is 2. The van der Waals surface area contributed by atoms with Crippen LogP contribution >= 0.6 is 11.8 Å². The van der Waals surface area contributed by atoms with Gasteiger partial charge in [0.15, 0.2) is 0 Å². The van der Waals surface area contributed by atoms with Crippen molar-refractivity contribution in [2.75, 3.05) is 6.26 Å². The van der Waals surface area contributed by atoms with E-state index in [1.54, 1.807) is 11.8 Å². The van der Waals surface area contributed by atoms with Crippen molar-refractivity contribution in [3.8, 4) is 11.8 Å². The van der Waals surface area contributed by atoms with Crippen LogP contribution in [-0.4, -0.2) is 23.1 Å². The first kappa shape index (κ1) is 13.4. The van der Waals surface area contributed by atoms with Crippen molar-refractivity contribution in [1.29, 1.82) is 0 Å². The van der Waals surface area contributed by atoms with Crippen molar-refractivity contribution in [2.45, 2.75) is 45.0 Å². The normalized spacial score (nSPS) is 12.6. The molecule has 0 rings (SSSR count). The minimum Gasteiger partial charge on any atom is -0.450 e. The van der Waals surface area contributed by atoms with Gasteiger partial charge in [-0.3, -0.25) is 0 Å². The van der Waals surface area contributed by atoms with Crippen LogP contribution in [0, 0.1) is 11.8 Å². The molecule has 1 atom stereocenters. The molecule has 0 aliphatic carbocycles. The largest absolute Gasteiger partial charge is 0.450 e. The Morgan fingerprint density at radius 2 is 2.07 bits per heavy atom. The highest BCUT2D eigenvalue weighted by Crippen LogP contribution is 2.09. The molecule has 0 aliphatic rings. The van der Waals surface area contributed by atoms with Gasteiger partial charge in [-0.05, 0) is 33.4 Å². The predicted molar refractivity (Wildman–Crippen MR) is 61.2 cm³/mol. The molecule has 0 fully saturated rings. The number of hydrogen-bond donors (Lipinski definition) is 0. The highest BCUT2D eigenvalue weighted by molar-refractivity contribution is 7.99. The molecule has 3 heteroatoms. The van der Waals surface area contributed by atoms with Crippen molar-refractivity contribution in [2.24, 2.45) is 0 Å².